The van der Waals surface area contributed by atoms with Gasteiger partial charge in [0, 0.05) is 7.05 Å². The predicted molar refractivity (Wildman–Crippen MR) is 102 cm³/mol. The molecule has 0 saturated heterocycles. The van der Waals surface area contributed by atoms with Crippen LogP contribution in [-0.2, 0) is 22.5 Å². The highest BCUT2D eigenvalue weighted by atomic mass is 32.4. The fourth-order valence-corrected chi connectivity index (χ4v) is 3.57. The summed E-state index contributed by atoms with van der Waals surface area (Å²) >= 11 is 5.33. The highest BCUT2D eigenvalue weighted by molar-refractivity contribution is 8.02. The summed E-state index contributed by atoms with van der Waals surface area (Å²) in [6.07, 6.45) is 1.30. The molecule has 0 aliphatic heterocycles. The van der Waals surface area contributed by atoms with Crippen LogP contribution in [0.25, 0.3) is 0 Å². The normalized spacial score (nSPS) is 12.9. The summed E-state index contributed by atoms with van der Waals surface area (Å²) in [7, 11) is -4.21. The quantitative estimate of drug-likeness (QED) is 0.373. The zero-order valence-corrected chi connectivity index (χ0v) is 16.0. The number of nitrogens with zero attached hydrogens (tertiary/aromatic N) is 2. The Morgan fingerprint density at radius 2 is 1.80 bits per heavy atom. The molecule has 10 heteroatoms. The Bertz CT molecular complexity index is 806. The monoisotopic (exact) mass is 400 g/mol. The van der Waals surface area contributed by atoms with Crippen LogP contribution in [0.5, 0.6) is 11.5 Å². The number of benzene rings is 2. The molecule has 0 fully saturated rings. The summed E-state index contributed by atoms with van der Waals surface area (Å²) in [5.74, 6) is 0.703. The van der Waals surface area contributed by atoms with Gasteiger partial charge >= 0.3 is 7.60 Å². The Balaban J connectivity index is 1.94. The lowest BCUT2D eigenvalue weighted by molar-refractivity contribution is 0.371. The van der Waals surface area contributed by atoms with Gasteiger partial charge in [-0.05, 0) is 59.3 Å². The van der Waals surface area contributed by atoms with E-state index in [1.54, 1.807) is 66.6 Å². The Morgan fingerprint density at radius 3 is 2.36 bits per heavy atom. The molecular weight excluding hydrogens is 382 g/mol. The summed E-state index contributed by atoms with van der Waals surface area (Å²) < 4.78 is 18.2. The van der Waals surface area contributed by atoms with Crippen LogP contribution in [0.3, 0.4) is 0 Å². The van der Waals surface area contributed by atoms with Crippen molar-refractivity contribution in [2.24, 2.45) is 5.10 Å². The van der Waals surface area contributed by atoms with Crippen LogP contribution in [0.1, 0.15) is 11.1 Å². The molecule has 2 aromatic rings. The van der Waals surface area contributed by atoms with Gasteiger partial charge in [-0.3, -0.25) is 4.57 Å². The molecule has 0 aliphatic rings. The van der Waals surface area contributed by atoms with Gasteiger partial charge in [0.15, 0.2) is 0 Å². The average molecular weight is 400 g/mol. The Kier molecular flexibility index (Phi) is 6.76. The first kappa shape index (κ1) is 19.6. The molecule has 0 spiro atoms. The zero-order valence-electron chi connectivity index (χ0n) is 13.3. The summed E-state index contributed by atoms with van der Waals surface area (Å²) in [6.45, 7) is 0. The number of rotatable bonds is 7. The summed E-state index contributed by atoms with van der Waals surface area (Å²) in [5, 5.41) is 13.5. The van der Waals surface area contributed by atoms with Gasteiger partial charge in [-0.15, -0.1) is 0 Å². The molecule has 3 N–H and O–H groups in total. The van der Waals surface area contributed by atoms with Crippen molar-refractivity contribution < 1.29 is 24.0 Å². The van der Waals surface area contributed by atoms with E-state index in [0.29, 0.717) is 11.3 Å². The minimum absolute atomic E-state index is 0.184. The van der Waals surface area contributed by atoms with Crippen LogP contribution < -0.4 is 4.52 Å². The van der Waals surface area contributed by atoms with E-state index in [1.807, 2.05) is 0 Å². The fourth-order valence-electron chi connectivity index (χ4n) is 1.83. The van der Waals surface area contributed by atoms with Crippen molar-refractivity contribution in [1.82, 2.24) is 4.78 Å². The second-order valence-electron chi connectivity index (χ2n) is 5.19. The number of hydrogen-bond acceptors (Lipinski definition) is 5. The number of hydrazone groups is 1. The minimum atomic E-state index is -4.09. The molecule has 25 heavy (non-hydrogen) atoms. The average Bonchev–Trinajstić information content (AvgIpc) is 2.54. The van der Waals surface area contributed by atoms with Crippen LogP contribution in [0.4, 0.5) is 0 Å². The van der Waals surface area contributed by atoms with E-state index in [2.05, 4.69) is 5.10 Å². The number of phenolic OH excluding ortho intramolecular Hbond substituents is 1. The van der Waals surface area contributed by atoms with Gasteiger partial charge in [0.2, 0.25) is 7.07 Å². The molecule has 0 bridgehead atoms. The van der Waals surface area contributed by atoms with Crippen LogP contribution in [0, 0.1) is 0 Å². The van der Waals surface area contributed by atoms with Crippen molar-refractivity contribution in [3.05, 3.63) is 59.7 Å². The molecule has 1 unspecified atom stereocenters. The first-order valence-corrected chi connectivity index (χ1v) is 11.4. The molecule has 0 aromatic heterocycles. The molecule has 7 nitrogen and oxygen atoms in total. The molecule has 0 aliphatic carbocycles. The largest absolute Gasteiger partial charge is 0.508 e. The summed E-state index contributed by atoms with van der Waals surface area (Å²) in [4.78, 5) is 17.9. The third-order valence-corrected chi connectivity index (χ3v) is 5.93. The van der Waals surface area contributed by atoms with E-state index in [-0.39, 0.29) is 11.9 Å². The van der Waals surface area contributed by atoms with Crippen molar-refractivity contribution >= 4 is 32.7 Å². The van der Waals surface area contributed by atoms with Crippen LogP contribution in [0.15, 0.2) is 53.6 Å². The maximum absolute atomic E-state index is 11.0. The Labute approximate surface area is 151 Å². The molecule has 134 valence electrons. The smallest absolute Gasteiger partial charge is 0.329 e. The highest BCUT2D eigenvalue weighted by Gasteiger charge is 2.13. The summed E-state index contributed by atoms with van der Waals surface area (Å²) in [6, 6.07) is 13.0. The molecule has 2 aromatic carbocycles. The lowest BCUT2D eigenvalue weighted by Crippen LogP contribution is -2.03. The number of hydrogen-bond donors (Lipinski definition) is 3. The summed E-state index contributed by atoms with van der Waals surface area (Å²) in [5.41, 5.74) is 1.34. The van der Waals surface area contributed by atoms with Crippen molar-refractivity contribution in [1.29, 1.82) is 0 Å². The molecule has 0 amide bonds. The van der Waals surface area contributed by atoms with E-state index < -0.39 is 14.7 Å². The zero-order chi connectivity index (χ0) is 18.4. The maximum Gasteiger partial charge on any atom is 0.329 e. The molecule has 0 saturated carbocycles. The fraction of sp³-hybridized carbons (Fsp3) is 0.133. The highest BCUT2D eigenvalue weighted by Crippen LogP contribution is 2.39. The molecule has 2 rings (SSSR count). The Morgan fingerprint density at radius 1 is 1.20 bits per heavy atom. The van der Waals surface area contributed by atoms with E-state index in [9.17, 15) is 9.67 Å². The molecule has 1 atom stereocenters. The third kappa shape index (κ3) is 6.98. The Hall–Kier alpha value is -1.69. The molecule has 0 radical (unpaired) electrons. The lowest BCUT2D eigenvalue weighted by Gasteiger charge is -2.16. The molecular formula is C15H18N2O5P2S. The van der Waals surface area contributed by atoms with E-state index in [0.717, 1.165) is 5.56 Å². The SMILES string of the molecule is CN(/N=C/c1ccc(O)cc1)[PH](=S)Oc1ccc(CP(=O)(O)O)cc1. The first-order chi connectivity index (χ1) is 11.7. The lowest BCUT2D eigenvalue weighted by atomic mass is 10.2. The van der Waals surface area contributed by atoms with Crippen LogP contribution >= 0.6 is 14.7 Å². The van der Waals surface area contributed by atoms with Gasteiger partial charge in [-0.25, -0.2) is 4.78 Å². The van der Waals surface area contributed by atoms with Gasteiger partial charge in [-0.2, -0.15) is 5.10 Å². The van der Waals surface area contributed by atoms with Crippen molar-refractivity contribution in [2.75, 3.05) is 7.05 Å². The second kappa shape index (κ2) is 8.61. The van der Waals surface area contributed by atoms with Gasteiger partial charge in [-0.1, -0.05) is 12.1 Å². The second-order valence-corrected chi connectivity index (χ2v) is 9.27. The van der Waals surface area contributed by atoms with E-state index >= 15 is 0 Å². The third-order valence-electron chi connectivity index (χ3n) is 3.05. The number of phenols is 1. The van der Waals surface area contributed by atoms with Crippen molar-refractivity contribution in [2.45, 2.75) is 6.16 Å². The van der Waals surface area contributed by atoms with Gasteiger partial charge in [0.25, 0.3) is 0 Å². The minimum Gasteiger partial charge on any atom is -0.508 e. The number of aromatic hydroxyl groups is 1. The van der Waals surface area contributed by atoms with Gasteiger partial charge in [0.1, 0.15) is 11.5 Å². The van der Waals surface area contributed by atoms with Crippen LogP contribution in [0.2, 0.25) is 0 Å². The van der Waals surface area contributed by atoms with Gasteiger partial charge in [0.05, 0.1) is 12.4 Å². The maximum atomic E-state index is 11.0. The van der Waals surface area contributed by atoms with E-state index in [1.165, 1.54) is 0 Å². The predicted octanol–water partition coefficient (Wildman–Crippen LogP) is 2.92. The van der Waals surface area contributed by atoms with Gasteiger partial charge < -0.3 is 19.4 Å². The first-order valence-electron chi connectivity index (χ1n) is 7.15. The standard InChI is InChI=1S/C15H18N2O5P2S/c1-17(16-10-12-2-6-14(18)7-3-12)23(25)22-15-8-4-13(5-9-15)11-24(19,20)21/h2-10,18,23H,11H2,1H3,(H2,19,20,21)/b16-10+. The topological polar surface area (TPSA) is 103 Å². The van der Waals surface area contributed by atoms with Crippen LogP contribution in [-0.4, -0.2) is 32.9 Å². The molecule has 0 heterocycles. The van der Waals surface area contributed by atoms with Crippen molar-refractivity contribution in [3.63, 3.8) is 0 Å². The van der Waals surface area contributed by atoms with E-state index in [4.69, 9.17) is 26.1 Å². The van der Waals surface area contributed by atoms with Crippen molar-refractivity contribution in [3.8, 4) is 11.5 Å².